The Labute approximate surface area is 172 Å². The van der Waals surface area contributed by atoms with E-state index in [9.17, 15) is 8.42 Å². The Morgan fingerprint density at radius 1 is 1.40 bits per heavy atom. The lowest BCUT2D eigenvalue weighted by Gasteiger charge is -2.17. The first kappa shape index (κ1) is 22.6. The quantitative estimate of drug-likeness (QED) is 0.326. The second kappa shape index (κ2) is 9.50. The number of hydrogen-bond donors (Lipinski definition) is 2. The third-order valence-electron chi connectivity index (χ3n) is 4.03. The SMILES string of the molecule is CCNC(=NCc1nc(C(C)C)cs1)NCC1(CS(C)(=O)=O)CC1.I. The summed E-state index contributed by atoms with van der Waals surface area (Å²) in [7, 11) is -2.95. The maximum atomic E-state index is 11.5. The summed E-state index contributed by atoms with van der Waals surface area (Å²) < 4.78 is 23.1. The van der Waals surface area contributed by atoms with Crippen molar-refractivity contribution >= 4 is 51.1 Å². The Morgan fingerprint density at radius 2 is 2.08 bits per heavy atom. The van der Waals surface area contributed by atoms with Gasteiger partial charge in [-0.15, -0.1) is 35.3 Å². The molecule has 0 aromatic carbocycles. The number of aromatic nitrogens is 1. The van der Waals surface area contributed by atoms with Gasteiger partial charge in [0.15, 0.2) is 5.96 Å². The van der Waals surface area contributed by atoms with E-state index in [-0.39, 0.29) is 35.1 Å². The van der Waals surface area contributed by atoms with Crippen molar-refractivity contribution in [2.24, 2.45) is 10.4 Å². The molecule has 1 heterocycles. The first-order chi connectivity index (χ1) is 11.2. The van der Waals surface area contributed by atoms with Crippen LogP contribution in [0, 0.1) is 5.41 Å². The van der Waals surface area contributed by atoms with Crippen molar-refractivity contribution in [3.8, 4) is 0 Å². The molecule has 0 aliphatic heterocycles. The number of hydrogen-bond acceptors (Lipinski definition) is 5. The molecule has 1 aromatic heterocycles. The monoisotopic (exact) mass is 500 g/mol. The molecule has 0 bridgehead atoms. The number of guanidine groups is 1. The van der Waals surface area contributed by atoms with E-state index < -0.39 is 9.84 Å². The number of nitrogens with zero attached hydrogens (tertiary/aromatic N) is 2. The van der Waals surface area contributed by atoms with Gasteiger partial charge in [0.1, 0.15) is 14.8 Å². The molecule has 1 saturated carbocycles. The summed E-state index contributed by atoms with van der Waals surface area (Å²) in [6.45, 7) is 8.21. The van der Waals surface area contributed by atoms with E-state index in [4.69, 9.17) is 0 Å². The third kappa shape index (κ3) is 7.78. The molecule has 2 N–H and O–H groups in total. The molecular weight excluding hydrogens is 471 g/mol. The zero-order chi connectivity index (χ0) is 17.8. The van der Waals surface area contributed by atoms with E-state index in [0.29, 0.717) is 19.0 Å². The average Bonchev–Trinajstić information content (AvgIpc) is 3.05. The number of nitrogens with one attached hydrogen (secondary N) is 2. The largest absolute Gasteiger partial charge is 0.357 e. The Morgan fingerprint density at radius 3 is 2.56 bits per heavy atom. The van der Waals surface area contributed by atoms with Gasteiger partial charge < -0.3 is 10.6 Å². The van der Waals surface area contributed by atoms with Crippen molar-refractivity contribution in [1.82, 2.24) is 15.6 Å². The number of rotatable bonds is 8. The molecule has 1 aliphatic rings. The van der Waals surface area contributed by atoms with Crippen LogP contribution in [0.2, 0.25) is 0 Å². The lowest BCUT2D eigenvalue weighted by Crippen LogP contribution is -2.41. The minimum atomic E-state index is -2.95. The number of sulfone groups is 1. The van der Waals surface area contributed by atoms with Gasteiger partial charge >= 0.3 is 0 Å². The van der Waals surface area contributed by atoms with E-state index in [0.717, 1.165) is 36.0 Å². The lowest BCUT2D eigenvalue weighted by atomic mass is 10.1. The van der Waals surface area contributed by atoms with Crippen LogP contribution < -0.4 is 10.6 Å². The Kier molecular flexibility index (Phi) is 8.59. The van der Waals surface area contributed by atoms with Crippen LogP contribution in [0.3, 0.4) is 0 Å². The summed E-state index contributed by atoms with van der Waals surface area (Å²) in [6, 6.07) is 0. The van der Waals surface area contributed by atoms with Crippen LogP contribution in [0.15, 0.2) is 10.4 Å². The summed E-state index contributed by atoms with van der Waals surface area (Å²) in [4.78, 5) is 9.16. The van der Waals surface area contributed by atoms with E-state index in [1.165, 1.54) is 6.26 Å². The predicted octanol–water partition coefficient (Wildman–Crippen LogP) is 2.76. The minimum absolute atomic E-state index is 0. The molecule has 9 heteroatoms. The van der Waals surface area contributed by atoms with E-state index in [2.05, 4.69) is 39.8 Å². The van der Waals surface area contributed by atoms with Crippen molar-refractivity contribution in [2.45, 2.75) is 46.1 Å². The normalized spacial score (nSPS) is 16.4. The van der Waals surface area contributed by atoms with E-state index >= 15 is 0 Å². The highest BCUT2D eigenvalue weighted by molar-refractivity contribution is 14.0. The molecule has 0 unspecified atom stereocenters. The fourth-order valence-corrected chi connectivity index (χ4v) is 4.91. The average molecular weight is 500 g/mol. The molecule has 0 atom stereocenters. The molecule has 0 saturated heterocycles. The topological polar surface area (TPSA) is 83.4 Å². The number of halogens is 1. The van der Waals surface area contributed by atoms with Gasteiger partial charge in [-0.2, -0.15) is 0 Å². The summed E-state index contributed by atoms with van der Waals surface area (Å²) >= 11 is 1.63. The van der Waals surface area contributed by atoms with Gasteiger partial charge in [0.25, 0.3) is 0 Å². The lowest BCUT2D eigenvalue weighted by molar-refractivity contribution is 0.529. The summed E-state index contributed by atoms with van der Waals surface area (Å²) in [5.74, 6) is 1.39. The van der Waals surface area contributed by atoms with Crippen LogP contribution in [0.1, 0.15) is 50.2 Å². The predicted molar refractivity (Wildman–Crippen MR) is 116 cm³/mol. The molecule has 0 radical (unpaired) electrons. The number of aliphatic imine (C=N–C) groups is 1. The molecule has 2 rings (SSSR count). The molecular formula is C16H29IN4O2S2. The summed E-state index contributed by atoms with van der Waals surface area (Å²) in [6.07, 6.45) is 3.22. The van der Waals surface area contributed by atoms with Crippen LogP contribution in [0.5, 0.6) is 0 Å². The van der Waals surface area contributed by atoms with Crippen molar-refractivity contribution in [3.05, 3.63) is 16.1 Å². The molecule has 1 aliphatic carbocycles. The van der Waals surface area contributed by atoms with Crippen LogP contribution in [-0.4, -0.2) is 44.5 Å². The minimum Gasteiger partial charge on any atom is -0.357 e. The van der Waals surface area contributed by atoms with Gasteiger partial charge in [-0.25, -0.2) is 18.4 Å². The second-order valence-corrected chi connectivity index (χ2v) is 10.0. The number of thiazole rings is 1. The fraction of sp³-hybridized carbons (Fsp3) is 0.750. The first-order valence-electron chi connectivity index (χ1n) is 8.37. The summed E-state index contributed by atoms with van der Waals surface area (Å²) in [5.41, 5.74) is 0.990. The Bertz CT molecular complexity index is 682. The zero-order valence-electron chi connectivity index (χ0n) is 15.3. The van der Waals surface area contributed by atoms with Crippen molar-refractivity contribution in [1.29, 1.82) is 0 Å². The maximum Gasteiger partial charge on any atom is 0.191 e. The highest BCUT2D eigenvalue weighted by Crippen LogP contribution is 2.45. The van der Waals surface area contributed by atoms with Gasteiger partial charge in [-0.3, -0.25) is 0 Å². The Balaban J connectivity index is 0.00000312. The molecule has 144 valence electrons. The highest BCUT2D eigenvalue weighted by Gasteiger charge is 2.45. The molecule has 0 amide bonds. The van der Waals surface area contributed by atoms with Crippen LogP contribution in [-0.2, 0) is 16.4 Å². The Hall–Kier alpha value is -0.420. The first-order valence-corrected chi connectivity index (χ1v) is 11.3. The van der Waals surface area contributed by atoms with E-state index in [1.54, 1.807) is 11.3 Å². The van der Waals surface area contributed by atoms with Gasteiger partial charge in [0.2, 0.25) is 0 Å². The molecule has 1 fully saturated rings. The van der Waals surface area contributed by atoms with Crippen molar-refractivity contribution in [2.75, 3.05) is 25.1 Å². The maximum absolute atomic E-state index is 11.5. The summed E-state index contributed by atoms with van der Waals surface area (Å²) in [5, 5.41) is 9.59. The zero-order valence-corrected chi connectivity index (χ0v) is 19.3. The standard InChI is InChI=1S/C16H28N4O2S2.HI/c1-5-17-15(18-8-14-20-13(9-23-14)12(2)3)19-10-16(6-7-16)11-24(4,21)22;/h9,12H,5-8,10-11H2,1-4H3,(H2,17,18,19);1H. The van der Waals surface area contributed by atoms with E-state index in [1.807, 2.05) is 6.92 Å². The van der Waals surface area contributed by atoms with Gasteiger partial charge in [0, 0.05) is 30.1 Å². The third-order valence-corrected chi connectivity index (χ3v) is 6.02. The van der Waals surface area contributed by atoms with Gasteiger partial charge in [-0.1, -0.05) is 13.8 Å². The molecule has 0 spiro atoms. The second-order valence-electron chi connectivity index (χ2n) is 6.94. The fourth-order valence-electron chi connectivity index (χ4n) is 2.53. The molecule has 25 heavy (non-hydrogen) atoms. The molecule has 1 aromatic rings. The van der Waals surface area contributed by atoms with Gasteiger partial charge in [0.05, 0.1) is 18.0 Å². The van der Waals surface area contributed by atoms with Crippen LogP contribution in [0.4, 0.5) is 0 Å². The molecule has 6 nitrogen and oxygen atoms in total. The van der Waals surface area contributed by atoms with Gasteiger partial charge in [-0.05, 0) is 25.7 Å². The van der Waals surface area contributed by atoms with Crippen LogP contribution >= 0.6 is 35.3 Å². The van der Waals surface area contributed by atoms with Crippen LogP contribution in [0.25, 0.3) is 0 Å². The highest BCUT2D eigenvalue weighted by atomic mass is 127. The smallest absolute Gasteiger partial charge is 0.191 e. The van der Waals surface area contributed by atoms with Crippen molar-refractivity contribution < 1.29 is 8.42 Å². The van der Waals surface area contributed by atoms with Crippen molar-refractivity contribution in [3.63, 3.8) is 0 Å².